The number of hydrogen-bond donors (Lipinski definition) is 2. The quantitative estimate of drug-likeness (QED) is 0.630. The minimum atomic E-state index is -3.31. The first-order chi connectivity index (χ1) is 9.95. The van der Waals surface area contributed by atoms with E-state index in [1.165, 1.54) is 24.3 Å². The lowest BCUT2D eigenvalue weighted by Gasteiger charge is -2.38. The summed E-state index contributed by atoms with van der Waals surface area (Å²) in [5, 5.41) is 22.7. The van der Waals surface area contributed by atoms with Crippen molar-refractivity contribution in [1.29, 1.82) is 0 Å². The van der Waals surface area contributed by atoms with E-state index in [1.54, 1.807) is 4.90 Å². The molecule has 1 atom stereocenters. The summed E-state index contributed by atoms with van der Waals surface area (Å²) < 4.78 is 28.2. The Morgan fingerprint density at radius 1 is 1.33 bits per heavy atom. The van der Waals surface area contributed by atoms with Crippen LogP contribution in [0.5, 0.6) is 0 Å². The highest BCUT2D eigenvalue weighted by molar-refractivity contribution is 5.35. The standard InChI is InChI=1S/C13H17F2N3O3/c14-13(15,9-19)12(17-7-5-16-6-8-17)10-1-3-11(4-2-10)18(20)21/h1-4,12,16,19H,5-9H2/t12-/m0/s1. The molecule has 0 spiro atoms. The third-order valence-corrected chi connectivity index (χ3v) is 3.55. The van der Waals surface area contributed by atoms with Gasteiger partial charge in [-0.3, -0.25) is 15.0 Å². The van der Waals surface area contributed by atoms with Gasteiger partial charge in [0.25, 0.3) is 11.6 Å². The van der Waals surface area contributed by atoms with Crippen molar-refractivity contribution >= 4 is 5.69 Å². The molecule has 0 aromatic heterocycles. The number of hydrogen-bond acceptors (Lipinski definition) is 5. The molecule has 1 fully saturated rings. The number of alkyl halides is 2. The number of nitrogens with one attached hydrogen (secondary N) is 1. The molecule has 116 valence electrons. The fraction of sp³-hybridized carbons (Fsp3) is 0.538. The van der Waals surface area contributed by atoms with Gasteiger partial charge in [0, 0.05) is 38.3 Å². The second-order valence-electron chi connectivity index (χ2n) is 4.96. The number of rotatable bonds is 5. The SMILES string of the molecule is O=[N+]([O-])c1ccc([C@H](N2CCNCC2)C(F)(F)CO)cc1. The van der Waals surface area contributed by atoms with Gasteiger partial charge < -0.3 is 10.4 Å². The fourth-order valence-electron chi connectivity index (χ4n) is 2.53. The summed E-state index contributed by atoms with van der Waals surface area (Å²) in [7, 11) is 0. The van der Waals surface area contributed by atoms with Gasteiger partial charge in [-0.1, -0.05) is 12.1 Å². The third kappa shape index (κ3) is 3.52. The zero-order chi connectivity index (χ0) is 15.5. The number of halogens is 2. The van der Waals surface area contributed by atoms with E-state index in [4.69, 9.17) is 5.11 Å². The van der Waals surface area contributed by atoms with Crippen molar-refractivity contribution in [3.63, 3.8) is 0 Å². The van der Waals surface area contributed by atoms with E-state index in [0.717, 1.165) is 0 Å². The molecule has 8 heteroatoms. The molecule has 0 radical (unpaired) electrons. The Hall–Kier alpha value is -1.64. The molecule has 0 amide bonds. The molecule has 2 rings (SSSR count). The molecular formula is C13H17F2N3O3. The van der Waals surface area contributed by atoms with Crippen LogP contribution in [-0.2, 0) is 0 Å². The largest absolute Gasteiger partial charge is 0.390 e. The Balaban J connectivity index is 2.32. The molecule has 1 heterocycles. The minimum absolute atomic E-state index is 0.148. The number of nitro groups is 1. The van der Waals surface area contributed by atoms with Crippen LogP contribution in [0.25, 0.3) is 0 Å². The predicted octanol–water partition coefficient (Wildman–Crippen LogP) is 1.17. The second-order valence-corrected chi connectivity index (χ2v) is 4.96. The molecular weight excluding hydrogens is 284 g/mol. The average molecular weight is 301 g/mol. The summed E-state index contributed by atoms with van der Waals surface area (Å²) in [4.78, 5) is 11.7. The monoisotopic (exact) mass is 301 g/mol. The highest BCUT2D eigenvalue weighted by atomic mass is 19.3. The first-order valence-electron chi connectivity index (χ1n) is 6.63. The van der Waals surface area contributed by atoms with Crippen LogP contribution in [0.1, 0.15) is 11.6 Å². The number of aliphatic hydroxyl groups is 1. The van der Waals surface area contributed by atoms with Crippen LogP contribution < -0.4 is 5.32 Å². The predicted molar refractivity (Wildman–Crippen MR) is 72.3 cm³/mol. The van der Waals surface area contributed by atoms with Gasteiger partial charge in [0.2, 0.25) is 0 Å². The van der Waals surface area contributed by atoms with E-state index < -0.39 is 23.5 Å². The number of piperazine rings is 1. The Morgan fingerprint density at radius 3 is 2.38 bits per heavy atom. The van der Waals surface area contributed by atoms with E-state index in [0.29, 0.717) is 26.2 Å². The number of nitrogens with zero attached hydrogens (tertiary/aromatic N) is 2. The van der Waals surface area contributed by atoms with E-state index in [2.05, 4.69) is 5.32 Å². The van der Waals surface area contributed by atoms with E-state index >= 15 is 0 Å². The van der Waals surface area contributed by atoms with Gasteiger partial charge in [0.05, 0.1) is 4.92 Å². The molecule has 0 bridgehead atoms. The highest BCUT2D eigenvalue weighted by Crippen LogP contribution is 2.36. The van der Waals surface area contributed by atoms with Crippen molar-refractivity contribution in [2.75, 3.05) is 32.8 Å². The fourth-order valence-corrected chi connectivity index (χ4v) is 2.53. The van der Waals surface area contributed by atoms with Crippen LogP contribution >= 0.6 is 0 Å². The highest BCUT2D eigenvalue weighted by Gasteiger charge is 2.44. The van der Waals surface area contributed by atoms with E-state index in [1.807, 2.05) is 0 Å². The summed E-state index contributed by atoms with van der Waals surface area (Å²) in [5.41, 5.74) is 0.117. The molecule has 1 aromatic rings. The normalized spacial score (nSPS) is 18.4. The molecule has 1 aromatic carbocycles. The maximum atomic E-state index is 14.1. The summed E-state index contributed by atoms with van der Waals surface area (Å²) in [5.74, 6) is -3.31. The number of aliphatic hydroxyl groups excluding tert-OH is 1. The zero-order valence-corrected chi connectivity index (χ0v) is 11.3. The average Bonchev–Trinajstić information content (AvgIpc) is 2.49. The summed E-state index contributed by atoms with van der Waals surface area (Å²) >= 11 is 0. The van der Waals surface area contributed by atoms with Crippen LogP contribution in [-0.4, -0.2) is 53.6 Å². The summed E-state index contributed by atoms with van der Waals surface area (Å²) in [6.45, 7) is 0.767. The van der Waals surface area contributed by atoms with Crippen molar-refractivity contribution < 1.29 is 18.8 Å². The van der Waals surface area contributed by atoms with Crippen molar-refractivity contribution in [2.24, 2.45) is 0 Å². The van der Waals surface area contributed by atoms with E-state index in [-0.39, 0.29) is 11.3 Å². The van der Waals surface area contributed by atoms with Gasteiger partial charge in [-0.05, 0) is 5.56 Å². The van der Waals surface area contributed by atoms with Crippen molar-refractivity contribution in [3.05, 3.63) is 39.9 Å². The van der Waals surface area contributed by atoms with Gasteiger partial charge in [-0.15, -0.1) is 0 Å². The summed E-state index contributed by atoms with van der Waals surface area (Å²) in [6, 6.07) is 3.78. The van der Waals surface area contributed by atoms with Gasteiger partial charge in [0.1, 0.15) is 12.6 Å². The smallest absolute Gasteiger partial charge is 0.289 e. The van der Waals surface area contributed by atoms with Gasteiger partial charge in [-0.25, -0.2) is 8.78 Å². The lowest BCUT2D eigenvalue weighted by Crippen LogP contribution is -2.51. The lowest BCUT2D eigenvalue weighted by atomic mass is 9.98. The molecule has 6 nitrogen and oxygen atoms in total. The van der Waals surface area contributed by atoms with Crippen LogP contribution in [0, 0.1) is 10.1 Å². The van der Waals surface area contributed by atoms with Crippen LogP contribution in [0.2, 0.25) is 0 Å². The molecule has 21 heavy (non-hydrogen) atoms. The van der Waals surface area contributed by atoms with Gasteiger partial charge in [-0.2, -0.15) is 0 Å². The molecule has 1 saturated heterocycles. The molecule has 0 aliphatic carbocycles. The molecule has 0 unspecified atom stereocenters. The Morgan fingerprint density at radius 2 is 1.90 bits per heavy atom. The number of non-ortho nitro benzene ring substituents is 1. The van der Waals surface area contributed by atoms with E-state index in [9.17, 15) is 18.9 Å². The lowest BCUT2D eigenvalue weighted by molar-refractivity contribution is -0.384. The molecule has 1 aliphatic heterocycles. The molecule has 0 saturated carbocycles. The first kappa shape index (κ1) is 15.7. The summed E-state index contributed by atoms with van der Waals surface area (Å²) in [6.07, 6.45) is 0. The van der Waals surface area contributed by atoms with Crippen LogP contribution in [0.4, 0.5) is 14.5 Å². The van der Waals surface area contributed by atoms with Gasteiger partial charge in [0.15, 0.2) is 0 Å². The topological polar surface area (TPSA) is 78.6 Å². The Labute approximate surface area is 120 Å². The van der Waals surface area contributed by atoms with Crippen molar-refractivity contribution in [2.45, 2.75) is 12.0 Å². The molecule has 1 aliphatic rings. The van der Waals surface area contributed by atoms with Gasteiger partial charge >= 0.3 is 0 Å². The maximum absolute atomic E-state index is 14.1. The van der Waals surface area contributed by atoms with Crippen molar-refractivity contribution in [3.8, 4) is 0 Å². The second kappa shape index (κ2) is 6.42. The Bertz CT molecular complexity index is 490. The number of nitro benzene ring substituents is 1. The maximum Gasteiger partial charge on any atom is 0.289 e. The zero-order valence-electron chi connectivity index (χ0n) is 11.3. The Kier molecular flexibility index (Phi) is 4.81. The van der Waals surface area contributed by atoms with Crippen molar-refractivity contribution in [1.82, 2.24) is 10.2 Å². The van der Waals surface area contributed by atoms with Crippen LogP contribution in [0.15, 0.2) is 24.3 Å². The molecule has 2 N–H and O–H groups in total. The first-order valence-corrected chi connectivity index (χ1v) is 6.63. The number of benzene rings is 1. The minimum Gasteiger partial charge on any atom is -0.390 e. The van der Waals surface area contributed by atoms with Crippen LogP contribution in [0.3, 0.4) is 0 Å². The third-order valence-electron chi connectivity index (χ3n) is 3.55.